The molecule has 0 rings (SSSR count). The average Bonchev–Trinajstić information content (AvgIpc) is 2.62. The zero-order valence-corrected chi connectivity index (χ0v) is 19.4. The summed E-state index contributed by atoms with van der Waals surface area (Å²) < 4.78 is 22.2. The van der Waals surface area contributed by atoms with Gasteiger partial charge < -0.3 is 28.8 Å². The summed E-state index contributed by atoms with van der Waals surface area (Å²) in [5.74, 6) is -0.305. The van der Waals surface area contributed by atoms with Crippen LogP contribution in [0.1, 0.15) is 46.0 Å². The van der Waals surface area contributed by atoms with Gasteiger partial charge in [0, 0.05) is 6.42 Å². The first kappa shape index (κ1) is 28.0. The third-order valence-electron chi connectivity index (χ3n) is 3.96. The number of nitrogens with one attached hydrogen (secondary N) is 1. The first-order valence-electron chi connectivity index (χ1n) is 10.2. The third-order valence-corrected chi connectivity index (χ3v) is 4.92. The van der Waals surface area contributed by atoms with Crippen LogP contribution in [0.3, 0.4) is 0 Å². The highest BCUT2D eigenvalue weighted by atomic mass is 31.2. The number of hydrogen-bond acceptors (Lipinski definition) is 6. The van der Waals surface area contributed by atoms with Crippen LogP contribution in [-0.2, 0) is 18.4 Å². The van der Waals surface area contributed by atoms with Crippen LogP contribution in [-0.4, -0.2) is 68.5 Å². The number of unbranched alkanes of at least 4 members (excludes halogenated alkanes) is 2. The zero-order valence-electron chi connectivity index (χ0n) is 18.5. The summed E-state index contributed by atoms with van der Waals surface area (Å²) in [7, 11) is 1.22. The molecule has 0 saturated carbocycles. The van der Waals surface area contributed by atoms with E-state index in [2.05, 4.69) is 24.4 Å². The summed E-state index contributed by atoms with van der Waals surface area (Å²) in [5, 5.41) is 12.9. The summed E-state index contributed by atoms with van der Waals surface area (Å²) in [4.78, 5) is 23.7. The minimum Gasteiger partial charge on any atom is -0.756 e. The van der Waals surface area contributed by atoms with E-state index in [9.17, 15) is 19.4 Å². The Labute approximate surface area is 175 Å². The van der Waals surface area contributed by atoms with Crippen LogP contribution in [0.25, 0.3) is 0 Å². The number of quaternary nitrogens is 1. The van der Waals surface area contributed by atoms with Crippen LogP contribution >= 0.6 is 7.82 Å². The Morgan fingerprint density at radius 1 is 1.14 bits per heavy atom. The fourth-order valence-electron chi connectivity index (χ4n) is 2.13. The van der Waals surface area contributed by atoms with E-state index in [1.54, 1.807) is 19.1 Å². The molecular formula is C20H39N2O6P. The summed E-state index contributed by atoms with van der Waals surface area (Å²) in [6, 6.07) is -0.890. The van der Waals surface area contributed by atoms with E-state index in [1.807, 2.05) is 21.1 Å². The van der Waals surface area contributed by atoms with E-state index in [-0.39, 0.29) is 18.9 Å². The summed E-state index contributed by atoms with van der Waals surface area (Å²) in [6.45, 7) is 3.86. The van der Waals surface area contributed by atoms with Gasteiger partial charge in [-0.05, 0) is 19.3 Å². The number of allylic oxidation sites excluding steroid dienone is 3. The first-order valence-corrected chi connectivity index (χ1v) is 11.7. The van der Waals surface area contributed by atoms with E-state index in [4.69, 9.17) is 9.05 Å². The van der Waals surface area contributed by atoms with Gasteiger partial charge in [-0.1, -0.05) is 44.6 Å². The van der Waals surface area contributed by atoms with Crippen molar-refractivity contribution in [2.45, 2.75) is 58.1 Å². The number of likely N-dealkylation sites (N-methyl/N-ethyl adjacent to an activating group) is 1. The van der Waals surface area contributed by atoms with Crippen molar-refractivity contribution in [2.75, 3.05) is 40.9 Å². The molecule has 2 N–H and O–H groups in total. The van der Waals surface area contributed by atoms with Gasteiger partial charge in [0.15, 0.2) is 0 Å². The first-order chi connectivity index (χ1) is 13.5. The molecule has 0 aromatic rings. The Morgan fingerprint density at radius 3 is 2.34 bits per heavy atom. The SMILES string of the molecule is CCC/C=C/CC/C=C/C(O)C(COP(=O)([O-])OCC[N+](C)(C)C)NC(=O)CC. The van der Waals surface area contributed by atoms with Gasteiger partial charge in [0.2, 0.25) is 5.91 Å². The number of carbonyl (C=O) groups is 1. The van der Waals surface area contributed by atoms with Gasteiger partial charge in [-0.25, -0.2) is 0 Å². The van der Waals surface area contributed by atoms with E-state index in [0.29, 0.717) is 11.0 Å². The molecule has 0 radical (unpaired) electrons. The van der Waals surface area contributed by atoms with Crippen molar-refractivity contribution < 1.29 is 32.9 Å². The van der Waals surface area contributed by atoms with Crippen LogP contribution < -0.4 is 10.2 Å². The molecule has 3 atom stereocenters. The summed E-state index contributed by atoms with van der Waals surface area (Å²) in [6.07, 6.45) is 10.4. The lowest BCUT2D eigenvalue weighted by molar-refractivity contribution is -0.870. The Kier molecular flexibility index (Phi) is 14.4. The fraction of sp³-hybridized carbons (Fsp3) is 0.750. The molecule has 8 nitrogen and oxygen atoms in total. The van der Waals surface area contributed by atoms with Crippen LogP contribution in [0.2, 0.25) is 0 Å². The number of phosphoric ester groups is 1. The molecule has 0 aliphatic carbocycles. The number of rotatable bonds is 16. The molecule has 0 aromatic heterocycles. The minimum absolute atomic E-state index is 0.00965. The molecule has 9 heteroatoms. The largest absolute Gasteiger partial charge is 0.756 e. The van der Waals surface area contributed by atoms with Crippen molar-refractivity contribution in [2.24, 2.45) is 0 Å². The van der Waals surface area contributed by atoms with Crippen molar-refractivity contribution in [3.05, 3.63) is 24.3 Å². The van der Waals surface area contributed by atoms with Crippen molar-refractivity contribution in [1.29, 1.82) is 0 Å². The maximum Gasteiger partial charge on any atom is 0.268 e. The van der Waals surface area contributed by atoms with Gasteiger partial charge >= 0.3 is 0 Å². The van der Waals surface area contributed by atoms with Crippen LogP contribution in [0.5, 0.6) is 0 Å². The molecule has 0 saturated heterocycles. The molecule has 29 heavy (non-hydrogen) atoms. The highest BCUT2D eigenvalue weighted by molar-refractivity contribution is 7.45. The molecular weight excluding hydrogens is 395 g/mol. The molecule has 0 aromatic carbocycles. The van der Waals surface area contributed by atoms with Gasteiger partial charge in [-0.15, -0.1) is 0 Å². The number of phosphoric acid groups is 1. The highest BCUT2D eigenvalue weighted by Crippen LogP contribution is 2.38. The minimum atomic E-state index is -4.53. The lowest BCUT2D eigenvalue weighted by atomic mass is 10.1. The molecule has 1 amide bonds. The second-order valence-electron chi connectivity index (χ2n) is 7.87. The van der Waals surface area contributed by atoms with Crippen molar-refractivity contribution in [3.8, 4) is 0 Å². The molecule has 0 spiro atoms. The predicted octanol–water partition coefficient (Wildman–Crippen LogP) is 2.14. The standard InChI is InChI=1S/C20H39N2O6P/c1-6-8-9-10-11-12-13-14-19(23)18(21-20(24)7-2)17-28-29(25,26)27-16-15-22(3,4)5/h9-10,13-14,18-19,23H,6-8,11-12,15-17H2,1-5H3,(H-,21,24,25,26)/b10-9+,14-13+. The van der Waals surface area contributed by atoms with Gasteiger partial charge in [0.05, 0.1) is 39.9 Å². The van der Waals surface area contributed by atoms with Gasteiger partial charge in [0.25, 0.3) is 7.82 Å². The van der Waals surface area contributed by atoms with Crippen LogP contribution in [0, 0.1) is 0 Å². The molecule has 0 heterocycles. The average molecular weight is 435 g/mol. The third kappa shape index (κ3) is 16.5. The summed E-state index contributed by atoms with van der Waals surface area (Å²) in [5.41, 5.74) is 0. The number of nitrogens with zero attached hydrogens (tertiary/aromatic N) is 1. The molecule has 3 unspecified atom stereocenters. The topological polar surface area (TPSA) is 108 Å². The number of hydrogen-bond donors (Lipinski definition) is 2. The molecule has 0 bridgehead atoms. The Bertz CT molecular complexity index is 560. The monoisotopic (exact) mass is 434 g/mol. The Hall–Kier alpha value is -1.02. The van der Waals surface area contributed by atoms with E-state index in [1.165, 1.54) is 0 Å². The van der Waals surface area contributed by atoms with Gasteiger partial charge in [-0.2, -0.15) is 0 Å². The fourth-order valence-corrected chi connectivity index (χ4v) is 2.86. The van der Waals surface area contributed by atoms with Gasteiger partial charge in [0.1, 0.15) is 13.2 Å². The van der Waals surface area contributed by atoms with E-state index in [0.717, 1.165) is 25.7 Å². The number of aliphatic hydroxyl groups excluding tert-OH is 1. The van der Waals surface area contributed by atoms with Gasteiger partial charge in [-0.3, -0.25) is 9.36 Å². The normalized spacial score (nSPS) is 16.8. The molecule has 0 aliphatic rings. The maximum atomic E-state index is 11.9. The van der Waals surface area contributed by atoms with Crippen molar-refractivity contribution >= 4 is 13.7 Å². The Morgan fingerprint density at radius 2 is 1.76 bits per heavy atom. The second kappa shape index (κ2) is 14.9. The lowest BCUT2D eigenvalue weighted by Crippen LogP contribution is -2.45. The Balaban J connectivity index is 4.66. The molecule has 0 aliphatic heterocycles. The van der Waals surface area contributed by atoms with Crippen LogP contribution in [0.15, 0.2) is 24.3 Å². The number of amides is 1. The quantitative estimate of drug-likeness (QED) is 0.167. The van der Waals surface area contributed by atoms with E-state index < -0.39 is 26.6 Å². The molecule has 0 fully saturated rings. The van der Waals surface area contributed by atoms with Crippen LogP contribution in [0.4, 0.5) is 0 Å². The van der Waals surface area contributed by atoms with Crippen molar-refractivity contribution in [3.63, 3.8) is 0 Å². The molecule has 170 valence electrons. The number of carbonyl (C=O) groups excluding carboxylic acids is 1. The maximum absolute atomic E-state index is 11.9. The predicted molar refractivity (Wildman–Crippen MR) is 113 cm³/mol. The summed E-state index contributed by atoms with van der Waals surface area (Å²) >= 11 is 0. The van der Waals surface area contributed by atoms with E-state index >= 15 is 0 Å². The highest BCUT2D eigenvalue weighted by Gasteiger charge is 2.22. The lowest BCUT2D eigenvalue weighted by Gasteiger charge is -2.29. The smallest absolute Gasteiger partial charge is 0.268 e. The van der Waals surface area contributed by atoms with Crippen molar-refractivity contribution in [1.82, 2.24) is 5.32 Å². The zero-order chi connectivity index (χ0) is 22.3. The number of aliphatic hydroxyl groups is 1. The second-order valence-corrected chi connectivity index (χ2v) is 9.28.